The zero-order chi connectivity index (χ0) is 11.5. The first kappa shape index (κ1) is 11.9. The number of sulfonamides is 1. The van der Waals surface area contributed by atoms with Crippen LogP contribution >= 0.6 is 0 Å². The average molecular weight is 233 g/mol. The lowest BCUT2D eigenvalue weighted by Crippen LogP contribution is -2.28. The molecule has 0 heterocycles. The summed E-state index contributed by atoms with van der Waals surface area (Å²) in [6, 6.07) is 4.94. The van der Waals surface area contributed by atoms with Gasteiger partial charge in [-0.15, -0.1) is 0 Å². The lowest BCUT2D eigenvalue weighted by atomic mass is 10.3. The molecule has 0 aliphatic carbocycles. The molecule has 0 saturated carbocycles. The quantitative estimate of drug-likeness (QED) is 0.813. The van der Waals surface area contributed by atoms with E-state index in [1.54, 1.807) is 0 Å². The Balaban J connectivity index is 2.82. The Hall–Kier alpha value is -1.14. The Morgan fingerprint density at radius 1 is 1.40 bits per heavy atom. The van der Waals surface area contributed by atoms with Crippen LogP contribution in [-0.2, 0) is 10.0 Å². The standard InChI is InChI=1S/C9H12FNO3S/c1-7(6-12)15(13,14)11-9-4-2-8(10)3-5-9/h2-5,7,11-12H,6H2,1H3. The van der Waals surface area contributed by atoms with Crippen molar-refractivity contribution < 1.29 is 17.9 Å². The largest absolute Gasteiger partial charge is 0.395 e. The number of hydrogen-bond acceptors (Lipinski definition) is 3. The van der Waals surface area contributed by atoms with Crippen LogP contribution in [0.25, 0.3) is 0 Å². The molecule has 0 fully saturated rings. The first-order chi connectivity index (χ1) is 6.95. The summed E-state index contributed by atoms with van der Waals surface area (Å²) in [6.45, 7) is 0.919. The Bertz CT molecular complexity index is 415. The Kier molecular flexibility index (Phi) is 3.65. The van der Waals surface area contributed by atoms with Crippen molar-refractivity contribution in [2.45, 2.75) is 12.2 Å². The first-order valence-electron chi connectivity index (χ1n) is 4.34. The summed E-state index contributed by atoms with van der Waals surface area (Å²) < 4.78 is 37.7. The smallest absolute Gasteiger partial charge is 0.237 e. The molecule has 1 aromatic carbocycles. The molecule has 4 nitrogen and oxygen atoms in total. The van der Waals surface area contributed by atoms with Gasteiger partial charge in [-0.3, -0.25) is 4.72 Å². The summed E-state index contributed by atoms with van der Waals surface area (Å²) in [4.78, 5) is 0. The minimum atomic E-state index is -3.60. The van der Waals surface area contributed by atoms with Gasteiger partial charge in [-0.1, -0.05) is 0 Å². The number of benzene rings is 1. The zero-order valence-electron chi connectivity index (χ0n) is 8.14. The van der Waals surface area contributed by atoms with Crippen LogP contribution in [0.3, 0.4) is 0 Å². The van der Waals surface area contributed by atoms with Crippen LogP contribution in [0.1, 0.15) is 6.92 Å². The van der Waals surface area contributed by atoms with E-state index in [1.807, 2.05) is 0 Å². The van der Waals surface area contributed by atoms with Crippen LogP contribution in [0.5, 0.6) is 0 Å². The van der Waals surface area contributed by atoms with E-state index in [1.165, 1.54) is 19.1 Å². The van der Waals surface area contributed by atoms with Gasteiger partial charge in [-0.25, -0.2) is 12.8 Å². The molecule has 0 saturated heterocycles. The molecule has 15 heavy (non-hydrogen) atoms. The van der Waals surface area contributed by atoms with Gasteiger partial charge in [0, 0.05) is 5.69 Å². The lowest BCUT2D eigenvalue weighted by Gasteiger charge is -2.12. The maximum absolute atomic E-state index is 12.5. The van der Waals surface area contributed by atoms with Crippen LogP contribution in [0, 0.1) is 5.82 Å². The topological polar surface area (TPSA) is 66.4 Å². The number of aliphatic hydroxyl groups is 1. The number of halogens is 1. The highest BCUT2D eigenvalue weighted by molar-refractivity contribution is 7.93. The molecule has 0 bridgehead atoms. The minimum Gasteiger partial charge on any atom is -0.395 e. The van der Waals surface area contributed by atoms with E-state index in [4.69, 9.17) is 5.11 Å². The van der Waals surface area contributed by atoms with E-state index < -0.39 is 27.7 Å². The van der Waals surface area contributed by atoms with E-state index in [9.17, 15) is 12.8 Å². The predicted molar refractivity (Wildman–Crippen MR) is 55.5 cm³/mol. The summed E-state index contributed by atoms with van der Waals surface area (Å²) in [5, 5.41) is 7.81. The monoisotopic (exact) mass is 233 g/mol. The third-order valence-corrected chi connectivity index (χ3v) is 3.62. The SMILES string of the molecule is CC(CO)S(=O)(=O)Nc1ccc(F)cc1. The number of nitrogens with one attached hydrogen (secondary N) is 1. The van der Waals surface area contributed by atoms with Gasteiger partial charge in [0.15, 0.2) is 0 Å². The van der Waals surface area contributed by atoms with Gasteiger partial charge < -0.3 is 5.11 Å². The molecule has 0 spiro atoms. The maximum atomic E-state index is 12.5. The maximum Gasteiger partial charge on any atom is 0.237 e. The Morgan fingerprint density at radius 3 is 2.40 bits per heavy atom. The van der Waals surface area contributed by atoms with Gasteiger partial charge in [-0.2, -0.15) is 0 Å². The molecule has 0 aromatic heterocycles. The van der Waals surface area contributed by atoms with Crippen LogP contribution in [-0.4, -0.2) is 25.4 Å². The van der Waals surface area contributed by atoms with E-state index in [2.05, 4.69) is 4.72 Å². The molecule has 1 atom stereocenters. The summed E-state index contributed by atoms with van der Waals surface area (Å²) in [7, 11) is -3.60. The molecule has 6 heteroatoms. The Labute approximate surface area is 87.8 Å². The van der Waals surface area contributed by atoms with Gasteiger partial charge >= 0.3 is 0 Å². The third kappa shape index (κ3) is 3.17. The third-order valence-electron chi connectivity index (χ3n) is 1.89. The molecule has 1 aromatic rings. The number of rotatable bonds is 4. The van der Waals surface area contributed by atoms with Crippen molar-refractivity contribution in [3.63, 3.8) is 0 Å². The second-order valence-electron chi connectivity index (χ2n) is 3.15. The van der Waals surface area contributed by atoms with Crippen molar-refractivity contribution in [1.82, 2.24) is 0 Å². The van der Waals surface area contributed by atoms with Crippen molar-refractivity contribution in [2.75, 3.05) is 11.3 Å². The lowest BCUT2D eigenvalue weighted by molar-refractivity contribution is 0.296. The summed E-state index contributed by atoms with van der Waals surface area (Å²) in [6.07, 6.45) is 0. The van der Waals surface area contributed by atoms with E-state index in [0.717, 1.165) is 12.1 Å². The van der Waals surface area contributed by atoms with Crippen LogP contribution < -0.4 is 4.72 Å². The molecule has 0 amide bonds. The van der Waals surface area contributed by atoms with Crippen LogP contribution in [0.4, 0.5) is 10.1 Å². The fourth-order valence-electron chi connectivity index (χ4n) is 0.881. The summed E-state index contributed by atoms with van der Waals surface area (Å²) in [5.41, 5.74) is 0.275. The molecule has 84 valence electrons. The molecule has 1 rings (SSSR count). The van der Waals surface area contributed by atoms with Gasteiger partial charge in [0.2, 0.25) is 10.0 Å². The highest BCUT2D eigenvalue weighted by Crippen LogP contribution is 2.12. The molecule has 0 aliphatic rings. The normalized spacial score (nSPS) is 13.5. The molecule has 0 radical (unpaired) electrons. The van der Waals surface area contributed by atoms with Crippen molar-refractivity contribution in [2.24, 2.45) is 0 Å². The van der Waals surface area contributed by atoms with E-state index >= 15 is 0 Å². The summed E-state index contributed by atoms with van der Waals surface area (Å²) >= 11 is 0. The molecule has 2 N–H and O–H groups in total. The fraction of sp³-hybridized carbons (Fsp3) is 0.333. The zero-order valence-corrected chi connectivity index (χ0v) is 8.96. The van der Waals surface area contributed by atoms with E-state index in [0.29, 0.717) is 0 Å². The molecule has 1 unspecified atom stereocenters. The van der Waals surface area contributed by atoms with Gasteiger partial charge in [0.25, 0.3) is 0 Å². The number of hydrogen-bond donors (Lipinski definition) is 2. The fourth-order valence-corrected chi connectivity index (χ4v) is 1.74. The van der Waals surface area contributed by atoms with Gasteiger partial charge in [-0.05, 0) is 31.2 Å². The van der Waals surface area contributed by atoms with Crippen molar-refractivity contribution in [3.05, 3.63) is 30.1 Å². The van der Waals surface area contributed by atoms with Crippen LogP contribution in [0.15, 0.2) is 24.3 Å². The van der Waals surface area contributed by atoms with E-state index in [-0.39, 0.29) is 5.69 Å². The van der Waals surface area contributed by atoms with Crippen molar-refractivity contribution in [1.29, 1.82) is 0 Å². The van der Waals surface area contributed by atoms with Gasteiger partial charge in [0.05, 0.1) is 6.61 Å². The first-order valence-corrected chi connectivity index (χ1v) is 5.88. The number of anilines is 1. The minimum absolute atomic E-state index is 0.275. The number of aliphatic hydroxyl groups excluding tert-OH is 1. The predicted octanol–water partition coefficient (Wildman–Crippen LogP) is 0.948. The second kappa shape index (κ2) is 4.59. The summed E-state index contributed by atoms with van der Waals surface area (Å²) in [5.74, 6) is -0.437. The molecular formula is C9H12FNO3S. The van der Waals surface area contributed by atoms with Crippen LogP contribution in [0.2, 0.25) is 0 Å². The van der Waals surface area contributed by atoms with Gasteiger partial charge in [0.1, 0.15) is 11.1 Å². The van der Waals surface area contributed by atoms with Crippen molar-refractivity contribution >= 4 is 15.7 Å². The molecule has 0 aliphatic heterocycles. The van der Waals surface area contributed by atoms with Crippen molar-refractivity contribution in [3.8, 4) is 0 Å². The highest BCUT2D eigenvalue weighted by Gasteiger charge is 2.19. The highest BCUT2D eigenvalue weighted by atomic mass is 32.2. The molecular weight excluding hydrogens is 221 g/mol. The second-order valence-corrected chi connectivity index (χ2v) is 5.25. The average Bonchev–Trinajstić information content (AvgIpc) is 2.20. The Morgan fingerprint density at radius 2 is 1.93 bits per heavy atom.